The maximum Gasteiger partial charge on any atom is 0.398 e. The molecule has 0 fully saturated rings. The lowest BCUT2D eigenvalue weighted by atomic mass is 10.3. The molecule has 0 aliphatic rings. The van der Waals surface area contributed by atoms with Crippen LogP contribution in [0.25, 0.3) is 0 Å². The first-order valence-corrected chi connectivity index (χ1v) is 6.63. The van der Waals surface area contributed by atoms with Gasteiger partial charge in [-0.3, -0.25) is 10.1 Å². The van der Waals surface area contributed by atoms with E-state index in [1.54, 1.807) is 18.2 Å². The summed E-state index contributed by atoms with van der Waals surface area (Å²) < 4.78 is 36.6. The Kier molecular flexibility index (Phi) is 6.42. The molecular formula is C13H13F3N2OS. The maximum atomic E-state index is 12.2. The van der Waals surface area contributed by atoms with Crippen LogP contribution in [0.4, 0.5) is 18.9 Å². The first-order valence-electron chi connectivity index (χ1n) is 5.65. The number of carbonyl (C=O) groups is 1. The van der Waals surface area contributed by atoms with Gasteiger partial charge in [-0.05, 0) is 12.1 Å². The van der Waals surface area contributed by atoms with Gasteiger partial charge in [0, 0.05) is 4.90 Å². The van der Waals surface area contributed by atoms with E-state index >= 15 is 0 Å². The highest BCUT2D eigenvalue weighted by Crippen LogP contribution is 2.31. The summed E-state index contributed by atoms with van der Waals surface area (Å²) in [6, 6.07) is 6.34. The third-order valence-electron chi connectivity index (χ3n) is 2.07. The van der Waals surface area contributed by atoms with Gasteiger partial charge in [-0.2, -0.15) is 13.2 Å². The fourth-order valence-electron chi connectivity index (χ4n) is 1.30. The lowest BCUT2D eigenvalue weighted by Gasteiger charge is -2.11. The SMILES string of the molecule is C#CCNCC(=O)Nc1ccccc1SCC(F)(F)F. The molecule has 1 aromatic carbocycles. The molecule has 1 rings (SSSR count). The monoisotopic (exact) mass is 302 g/mol. The Morgan fingerprint density at radius 3 is 2.70 bits per heavy atom. The van der Waals surface area contributed by atoms with E-state index in [0.29, 0.717) is 22.3 Å². The Morgan fingerprint density at radius 2 is 2.05 bits per heavy atom. The second-order valence-electron chi connectivity index (χ2n) is 3.76. The summed E-state index contributed by atoms with van der Waals surface area (Å²) in [5.74, 6) is 0.949. The minimum atomic E-state index is -4.25. The highest BCUT2D eigenvalue weighted by atomic mass is 32.2. The smallest absolute Gasteiger partial charge is 0.324 e. The van der Waals surface area contributed by atoms with Gasteiger partial charge in [0.05, 0.1) is 24.5 Å². The van der Waals surface area contributed by atoms with E-state index in [4.69, 9.17) is 6.42 Å². The van der Waals surface area contributed by atoms with E-state index in [1.807, 2.05) is 0 Å². The minimum absolute atomic E-state index is 0.00245. The molecule has 0 saturated carbocycles. The first kappa shape index (κ1) is 16.4. The number of para-hydroxylation sites is 1. The highest BCUT2D eigenvalue weighted by molar-refractivity contribution is 7.99. The summed E-state index contributed by atoms with van der Waals surface area (Å²) in [7, 11) is 0. The number of benzene rings is 1. The van der Waals surface area contributed by atoms with Gasteiger partial charge in [0.2, 0.25) is 5.91 Å². The van der Waals surface area contributed by atoms with Gasteiger partial charge in [-0.15, -0.1) is 18.2 Å². The number of halogens is 3. The third kappa shape index (κ3) is 6.50. The van der Waals surface area contributed by atoms with Crippen LogP contribution in [0.5, 0.6) is 0 Å². The zero-order valence-electron chi connectivity index (χ0n) is 10.5. The highest BCUT2D eigenvalue weighted by Gasteiger charge is 2.27. The molecule has 20 heavy (non-hydrogen) atoms. The van der Waals surface area contributed by atoms with Crippen LogP contribution in [0.3, 0.4) is 0 Å². The average Bonchev–Trinajstić information content (AvgIpc) is 2.37. The van der Waals surface area contributed by atoms with Crippen LogP contribution < -0.4 is 10.6 Å². The van der Waals surface area contributed by atoms with Gasteiger partial charge in [0.25, 0.3) is 0 Å². The summed E-state index contributed by atoms with van der Waals surface area (Å²) >= 11 is 0.632. The number of terminal acetylenes is 1. The van der Waals surface area contributed by atoms with Crippen molar-refractivity contribution in [1.82, 2.24) is 5.32 Å². The van der Waals surface area contributed by atoms with Crippen molar-refractivity contribution >= 4 is 23.4 Å². The number of anilines is 1. The summed E-state index contributed by atoms with van der Waals surface area (Å²) in [4.78, 5) is 11.9. The Hall–Kier alpha value is -1.65. The van der Waals surface area contributed by atoms with Crippen molar-refractivity contribution in [2.24, 2.45) is 0 Å². The van der Waals surface area contributed by atoms with E-state index in [9.17, 15) is 18.0 Å². The Balaban J connectivity index is 2.61. The lowest BCUT2D eigenvalue weighted by Crippen LogP contribution is -2.28. The fraction of sp³-hybridized carbons (Fsp3) is 0.308. The molecule has 108 valence electrons. The van der Waals surface area contributed by atoms with E-state index < -0.39 is 11.9 Å². The van der Waals surface area contributed by atoms with Crippen molar-refractivity contribution < 1.29 is 18.0 Å². The van der Waals surface area contributed by atoms with Crippen molar-refractivity contribution in [2.45, 2.75) is 11.1 Å². The standard InChI is InChI=1S/C13H13F3N2OS/c1-2-7-17-8-12(19)18-10-5-3-4-6-11(10)20-9-13(14,15)16/h1,3-6,17H,7-9H2,(H,18,19). The minimum Gasteiger partial charge on any atom is -0.324 e. The summed E-state index contributed by atoms with van der Waals surface area (Å²) in [5, 5.41) is 5.24. The van der Waals surface area contributed by atoms with Gasteiger partial charge in [-0.1, -0.05) is 18.1 Å². The van der Waals surface area contributed by atoms with Crippen LogP contribution in [-0.2, 0) is 4.79 Å². The second kappa shape index (κ2) is 7.82. The predicted octanol–water partition coefficient (Wildman–Crippen LogP) is 2.50. The van der Waals surface area contributed by atoms with Gasteiger partial charge < -0.3 is 5.32 Å². The van der Waals surface area contributed by atoms with Crippen molar-refractivity contribution in [3.05, 3.63) is 24.3 Å². The van der Waals surface area contributed by atoms with E-state index in [0.717, 1.165) is 0 Å². The zero-order chi connectivity index (χ0) is 15.0. The summed E-state index contributed by atoms with van der Waals surface area (Å²) in [5.41, 5.74) is 0.356. The van der Waals surface area contributed by atoms with Gasteiger partial charge >= 0.3 is 6.18 Å². The zero-order valence-corrected chi connectivity index (χ0v) is 11.3. The quantitative estimate of drug-likeness (QED) is 0.482. The molecule has 0 atom stereocenters. The number of amides is 1. The van der Waals surface area contributed by atoms with Crippen LogP contribution in [0.2, 0.25) is 0 Å². The lowest BCUT2D eigenvalue weighted by molar-refractivity contribution is -0.115. The molecule has 0 bridgehead atoms. The number of carbonyl (C=O) groups excluding carboxylic acids is 1. The van der Waals surface area contributed by atoms with Crippen molar-refractivity contribution in [3.63, 3.8) is 0 Å². The molecule has 1 aromatic rings. The van der Waals surface area contributed by atoms with Crippen LogP contribution in [-0.4, -0.2) is 30.9 Å². The molecule has 0 heterocycles. The molecule has 7 heteroatoms. The molecule has 0 aliphatic heterocycles. The van der Waals surface area contributed by atoms with E-state index in [2.05, 4.69) is 16.6 Å². The van der Waals surface area contributed by atoms with Crippen LogP contribution in [0.15, 0.2) is 29.2 Å². The third-order valence-corrected chi connectivity index (χ3v) is 3.20. The Labute approximate surface area is 119 Å². The molecule has 0 spiro atoms. The van der Waals surface area contributed by atoms with Gasteiger partial charge in [0.15, 0.2) is 0 Å². The first-order chi connectivity index (χ1) is 9.42. The molecule has 0 aliphatic carbocycles. The largest absolute Gasteiger partial charge is 0.398 e. The number of alkyl halides is 3. The van der Waals surface area contributed by atoms with Crippen LogP contribution in [0.1, 0.15) is 0 Å². The number of thioether (sulfide) groups is 1. The van der Waals surface area contributed by atoms with E-state index in [-0.39, 0.29) is 19.0 Å². The van der Waals surface area contributed by atoms with Crippen molar-refractivity contribution in [2.75, 3.05) is 24.2 Å². The molecular weight excluding hydrogens is 289 g/mol. The van der Waals surface area contributed by atoms with Crippen molar-refractivity contribution in [1.29, 1.82) is 0 Å². The van der Waals surface area contributed by atoms with Crippen LogP contribution in [0, 0.1) is 12.3 Å². The Morgan fingerprint density at radius 1 is 1.35 bits per heavy atom. The molecule has 0 radical (unpaired) electrons. The normalized spacial score (nSPS) is 10.9. The summed E-state index contributed by atoms with van der Waals surface area (Å²) in [6.07, 6.45) is 0.764. The molecule has 2 N–H and O–H groups in total. The molecule has 1 amide bonds. The maximum absolute atomic E-state index is 12.2. The van der Waals surface area contributed by atoms with Gasteiger partial charge in [0.1, 0.15) is 0 Å². The number of nitrogens with one attached hydrogen (secondary N) is 2. The number of hydrogen-bond donors (Lipinski definition) is 2. The number of hydrogen-bond acceptors (Lipinski definition) is 3. The number of rotatable bonds is 6. The van der Waals surface area contributed by atoms with Gasteiger partial charge in [-0.25, -0.2) is 0 Å². The van der Waals surface area contributed by atoms with Crippen molar-refractivity contribution in [3.8, 4) is 12.3 Å². The average molecular weight is 302 g/mol. The van der Waals surface area contributed by atoms with Crippen LogP contribution >= 0.6 is 11.8 Å². The fourth-order valence-corrected chi connectivity index (χ4v) is 2.07. The molecule has 0 saturated heterocycles. The summed E-state index contributed by atoms with van der Waals surface area (Å²) in [6.45, 7) is 0.250. The second-order valence-corrected chi connectivity index (χ2v) is 4.77. The van der Waals surface area contributed by atoms with E-state index in [1.165, 1.54) is 6.07 Å². The Bertz CT molecular complexity index is 497. The molecule has 0 aromatic heterocycles. The molecule has 0 unspecified atom stereocenters. The predicted molar refractivity (Wildman–Crippen MR) is 73.6 cm³/mol. The molecule has 3 nitrogen and oxygen atoms in total. The topological polar surface area (TPSA) is 41.1 Å².